The highest BCUT2D eigenvalue weighted by Crippen LogP contribution is 2.02. The van der Waals surface area contributed by atoms with Crippen molar-refractivity contribution in [2.45, 2.75) is 64.2 Å². The van der Waals surface area contributed by atoms with Gasteiger partial charge in [-0.05, 0) is 51.6 Å². The third-order valence-electron chi connectivity index (χ3n) is 3.69. The Kier molecular flexibility index (Phi) is 11.7. The van der Waals surface area contributed by atoms with Crippen molar-refractivity contribution < 1.29 is 9.53 Å². The van der Waals surface area contributed by atoms with Gasteiger partial charge in [0.1, 0.15) is 0 Å². The number of carbonyl (C=O) groups excluding carboxylic acids is 1. The minimum Gasteiger partial charge on any atom is -0.381 e. The summed E-state index contributed by atoms with van der Waals surface area (Å²) in [7, 11) is 0. The summed E-state index contributed by atoms with van der Waals surface area (Å²) in [6.45, 7) is 4.79. The molecule has 4 nitrogen and oxygen atoms in total. The highest BCUT2D eigenvalue weighted by Gasteiger charge is 2.01. The summed E-state index contributed by atoms with van der Waals surface area (Å²) in [5.41, 5.74) is 0. The van der Waals surface area contributed by atoms with E-state index in [0.29, 0.717) is 6.42 Å². The van der Waals surface area contributed by atoms with Crippen molar-refractivity contribution in [3.8, 4) is 0 Å². The molecule has 0 atom stereocenters. The zero-order valence-corrected chi connectivity index (χ0v) is 12.9. The first kappa shape index (κ1) is 17.4. The Balaban J connectivity index is 2.10. The molecule has 118 valence electrons. The van der Waals surface area contributed by atoms with E-state index in [1.54, 1.807) is 0 Å². The molecule has 0 aromatic carbocycles. The van der Waals surface area contributed by atoms with Crippen molar-refractivity contribution >= 4 is 5.91 Å². The van der Waals surface area contributed by atoms with E-state index in [1.807, 2.05) is 0 Å². The molecule has 4 heteroatoms. The van der Waals surface area contributed by atoms with E-state index in [4.69, 9.17) is 4.74 Å². The fourth-order valence-electron chi connectivity index (χ4n) is 2.39. The third-order valence-corrected chi connectivity index (χ3v) is 3.69. The predicted octanol–water partition coefficient (Wildman–Crippen LogP) is 2.62. The molecule has 1 rings (SSSR count). The lowest BCUT2D eigenvalue weighted by atomic mass is 10.1. The van der Waals surface area contributed by atoms with Crippen LogP contribution in [0.5, 0.6) is 0 Å². The van der Waals surface area contributed by atoms with Crippen LogP contribution in [-0.2, 0) is 9.53 Å². The number of hydrogen-bond donors (Lipinski definition) is 2. The van der Waals surface area contributed by atoms with E-state index >= 15 is 0 Å². The minimum atomic E-state index is 0.213. The number of amides is 1. The van der Waals surface area contributed by atoms with Gasteiger partial charge in [0.05, 0.1) is 0 Å². The van der Waals surface area contributed by atoms with Crippen LogP contribution in [0.3, 0.4) is 0 Å². The third kappa shape index (κ3) is 11.2. The maximum atomic E-state index is 11.6. The summed E-state index contributed by atoms with van der Waals surface area (Å²) < 4.78 is 5.60. The Morgan fingerprint density at radius 3 is 2.10 bits per heavy atom. The van der Waals surface area contributed by atoms with Gasteiger partial charge in [-0.3, -0.25) is 4.79 Å². The summed E-state index contributed by atoms with van der Waals surface area (Å²) in [5.74, 6) is 0.213. The van der Waals surface area contributed by atoms with Crippen molar-refractivity contribution in [3.63, 3.8) is 0 Å². The molecular weight excluding hydrogens is 252 g/mol. The Morgan fingerprint density at radius 2 is 1.30 bits per heavy atom. The van der Waals surface area contributed by atoms with Crippen molar-refractivity contribution in [2.24, 2.45) is 0 Å². The largest absolute Gasteiger partial charge is 0.381 e. The van der Waals surface area contributed by atoms with Gasteiger partial charge in [-0.15, -0.1) is 0 Å². The molecule has 1 amide bonds. The van der Waals surface area contributed by atoms with Gasteiger partial charge in [0.2, 0.25) is 5.91 Å². The van der Waals surface area contributed by atoms with Gasteiger partial charge in [-0.25, -0.2) is 0 Å². The SMILES string of the molecule is O=C1CCCCCOCCCCNCCCCCCN1. The Morgan fingerprint density at radius 1 is 0.700 bits per heavy atom. The van der Waals surface area contributed by atoms with Gasteiger partial charge in [-0.2, -0.15) is 0 Å². The fraction of sp³-hybridized carbons (Fsp3) is 0.938. The van der Waals surface area contributed by atoms with E-state index in [9.17, 15) is 4.79 Å². The summed E-state index contributed by atoms with van der Waals surface area (Å²) in [5, 5.41) is 6.49. The van der Waals surface area contributed by atoms with Crippen molar-refractivity contribution in [1.29, 1.82) is 0 Å². The van der Waals surface area contributed by atoms with E-state index < -0.39 is 0 Å². The molecule has 1 heterocycles. The van der Waals surface area contributed by atoms with Crippen LogP contribution >= 0.6 is 0 Å². The zero-order chi connectivity index (χ0) is 14.3. The van der Waals surface area contributed by atoms with Crippen molar-refractivity contribution in [2.75, 3.05) is 32.8 Å². The Labute approximate surface area is 124 Å². The number of carbonyl (C=O) groups is 1. The predicted molar refractivity (Wildman–Crippen MR) is 82.9 cm³/mol. The highest BCUT2D eigenvalue weighted by molar-refractivity contribution is 5.75. The van der Waals surface area contributed by atoms with Crippen LogP contribution in [0.25, 0.3) is 0 Å². The van der Waals surface area contributed by atoms with E-state index in [1.165, 1.54) is 25.7 Å². The lowest BCUT2D eigenvalue weighted by molar-refractivity contribution is -0.121. The second-order valence-corrected chi connectivity index (χ2v) is 5.64. The fourth-order valence-corrected chi connectivity index (χ4v) is 2.39. The smallest absolute Gasteiger partial charge is 0.219 e. The van der Waals surface area contributed by atoms with Gasteiger partial charge < -0.3 is 15.4 Å². The molecule has 0 spiro atoms. The lowest BCUT2D eigenvalue weighted by Gasteiger charge is -2.05. The molecule has 0 bridgehead atoms. The van der Waals surface area contributed by atoms with Crippen LogP contribution in [-0.4, -0.2) is 38.8 Å². The molecule has 1 aliphatic heterocycles. The number of hydrogen-bond acceptors (Lipinski definition) is 3. The summed E-state index contributed by atoms with van der Waals surface area (Å²) in [4.78, 5) is 11.6. The molecule has 0 aliphatic carbocycles. The van der Waals surface area contributed by atoms with Crippen LogP contribution in [0.4, 0.5) is 0 Å². The van der Waals surface area contributed by atoms with Gasteiger partial charge in [0, 0.05) is 26.2 Å². The van der Waals surface area contributed by atoms with Crippen molar-refractivity contribution in [1.82, 2.24) is 10.6 Å². The average Bonchev–Trinajstić information content (AvgIpc) is 2.45. The highest BCUT2D eigenvalue weighted by atomic mass is 16.5. The molecule has 0 aromatic rings. The maximum Gasteiger partial charge on any atom is 0.219 e. The van der Waals surface area contributed by atoms with Gasteiger partial charge in [0.25, 0.3) is 0 Å². The molecular formula is C16H32N2O2. The zero-order valence-electron chi connectivity index (χ0n) is 12.9. The van der Waals surface area contributed by atoms with E-state index in [0.717, 1.165) is 65.0 Å². The molecule has 1 saturated heterocycles. The number of rotatable bonds is 0. The quantitative estimate of drug-likeness (QED) is 0.719. The van der Waals surface area contributed by atoms with Gasteiger partial charge in [-0.1, -0.05) is 19.3 Å². The summed E-state index contributed by atoms with van der Waals surface area (Å²) in [6, 6.07) is 0. The van der Waals surface area contributed by atoms with Crippen LogP contribution in [0.2, 0.25) is 0 Å². The summed E-state index contributed by atoms with van der Waals surface area (Å²) >= 11 is 0. The van der Waals surface area contributed by atoms with Crippen molar-refractivity contribution in [3.05, 3.63) is 0 Å². The van der Waals surface area contributed by atoms with E-state index in [2.05, 4.69) is 10.6 Å². The second kappa shape index (κ2) is 13.4. The normalized spacial score (nSPS) is 23.1. The summed E-state index contributed by atoms with van der Waals surface area (Å²) in [6.07, 6.45) is 11.0. The monoisotopic (exact) mass is 284 g/mol. The average molecular weight is 284 g/mol. The standard InChI is InChI=1S/C16H32N2O2/c19-16-10-4-3-8-14-20-15-9-7-12-17-11-5-1-2-6-13-18-16/h17H,1-15H2,(H,18,19). The molecule has 0 unspecified atom stereocenters. The number of nitrogens with one attached hydrogen (secondary N) is 2. The Bertz CT molecular complexity index is 213. The molecule has 0 radical (unpaired) electrons. The molecule has 0 aromatic heterocycles. The second-order valence-electron chi connectivity index (χ2n) is 5.64. The topological polar surface area (TPSA) is 50.4 Å². The van der Waals surface area contributed by atoms with Crippen LogP contribution in [0.1, 0.15) is 64.2 Å². The molecule has 0 saturated carbocycles. The molecule has 2 N–H and O–H groups in total. The van der Waals surface area contributed by atoms with Gasteiger partial charge in [0.15, 0.2) is 0 Å². The first-order chi connectivity index (χ1) is 9.89. The maximum absolute atomic E-state index is 11.6. The lowest BCUT2D eigenvalue weighted by Crippen LogP contribution is -2.24. The van der Waals surface area contributed by atoms with Crippen LogP contribution < -0.4 is 10.6 Å². The van der Waals surface area contributed by atoms with Gasteiger partial charge >= 0.3 is 0 Å². The molecule has 1 fully saturated rings. The first-order valence-electron chi connectivity index (χ1n) is 8.45. The molecule has 1 aliphatic rings. The van der Waals surface area contributed by atoms with Crippen LogP contribution in [0.15, 0.2) is 0 Å². The number of ether oxygens (including phenoxy) is 1. The van der Waals surface area contributed by atoms with E-state index in [-0.39, 0.29) is 5.91 Å². The first-order valence-corrected chi connectivity index (χ1v) is 8.45. The van der Waals surface area contributed by atoms with Crippen LogP contribution in [0, 0.1) is 0 Å². The molecule has 20 heavy (non-hydrogen) atoms. The minimum absolute atomic E-state index is 0.213. The Hall–Kier alpha value is -0.610.